The van der Waals surface area contributed by atoms with Crippen LogP contribution in [-0.2, 0) is 52.4 Å². The van der Waals surface area contributed by atoms with Gasteiger partial charge in [0.05, 0.1) is 0 Å². The van der Waals surface area contributed by atoms with E-state index in [1.54, 1.807) is 0 Å². The summed E-state index contributed by atoms with van der Waals surface area (Å²) in [6.45, 7) is 5.13. The smallest absolute Gasteiger partial charge is 0.305 e. The van der Waals surface area contributed by atoms with Crippen LogP contribution >= 0.6 is 0 Å². The summed E-state index contributed by atoms with van der Waals surface area (Å²) in [6.07, 6.45) is -6.70. The van der Waals surface area contributed by atoms with Crippen LogP contribution in [0.25, 0.3) is 0 Å². The molecule has 0 bridgehead atoms. The van der Waals surface area contributed by atoms with Crippen molar-refractivity contribution in [2.75, 3.05) is 6.61 Å². The quantitative estimate of drug-likeness (QED) is 0.433. The molecule has 11 nitrogen and oxygen atoms in total. The third-order valence-corrected chi connectivity index (χ3v) is 3.23. The second-order valence-electron chi connectivity index (χ2n) is 5.68. The number of hydrogen-bond donors (Lipinski definition) is 0. The predicted molar refractivity (Wildman–Crippen MR) is 83.7 cm³/mol. The second-order valence-corrected chi connectivity index (χ2v) is 5.68. The largest absolute Gasteiger partial charge is 0.463 e. The van der Waals surface area contributed by atoms with Crippen LogP contribution in [0.4, 0.5) is 0 Å². The Bertz CT molecular complexity index is 599. The van der Waals surface area contributed by atoms with Gasteiger partial charge in [0, 0.05) is 34.6 Å². The van der Waals surface area contributed by atoms with Gasteiger partial charge in [-0.1, -0.05) is 0 Å². The number of ether oxygens (including phenoxy) is 6. The number of carbonyl (C=O) groups excluding carboxylic acids is 5. The van der Waals surface area contributed by atoms with Crippen LogP contribution < -0.4 is 0 Å². The Morgan fingerprint density at radius 2 is 1.07 bits per heavy atom. The van der Waals surface area contributed by atoms with E-state index < -0.39 is 67.2 Å². The first-order valence-electron chi connectivity index (χ1n) is 7.99. The fourth-order valence-electron chi connectivity index (χ4n) is 2.45. The minimum absolute atomic E-state index is 0.393. The molecule has 3 unspecified atom stereocenters. The van der Waals surface area contributed by atoms with Gasteiger partial charge in [-0.25, -0.2) is 0 Å². The van der Waals surface area contributed by atoms with E-state index in [2.05, 4.69) is 0 Å². The number of hydrogen-bond acceptors (Lipinski definition) is 11. The molecular weight excluding hydrogens is 368 g/mol. The summed E-state index contributed by atoms with van der Waals surface area (Å²) in [4.78, 5) is 57.0. The highest BCUT2D eigenvalue weighted by Crippen LogP contribution is 2.29. The lowest BCUT2D eigenvalue weighted by Crippen LogP contribution is -2.63. The van der Waals surface area contributed by atoms with E-state index in [1.165, 1.54) is 0 Å². The molecule has 152 valence electrons. The Morgan fingerprint density at radius 1 is 0.630 bits per heavy atom. The Kier molecular flexibility index (Phi) is 8.16. The second kappa shape index (κ2) is 9.86. The molecule has 1 aliphatic heterocycles. The summed E-state index contributed by atoms with van der Waals surface area (Å²) < 4.78 is 30.8. The Hall–Kier alpha value is -2.69. The van der Waals surface area contributed by atoms with Crippen LogP contribution in [0.3, 0.4) is 0 Å². The standard InChI is InChI=1S/C16H22O11/c1-7(17)22-6-12-13(23-8(2)18)14(24-9(3)19)15(25-10(4)20)16(27-12)26-11(5)21/h12-16H,6H2,1-5H3/t12?,13-,14+,15?,16?/m1/s1. The van der Waals surface area contributed by atoms with E-state index in [0.717, 1.165) is 34.6 Å². The lowest BCUT2D eigenvalue weighted by atomic mass is 9.98. The molecule has 0 radical (unpaired) electrons. The van der Waals surface area contributed by atoms with Gasteiger partial charge in [-0.05, 0) is 0 Å². The first-order valence-corrected chi connectivity index (χ1v) is 7.99. The number of esters is 5. The molecule has 0 amide bonds. The predicted octanol–water partition coefficient (Wildman–Crippen LogP) is -0.367. The van der Waals surface area contributed by atoms with Crippen molar-refractivity contribution >= 4 is 29.8 Å². The van der Waals surface area contributed by atoms with E-state index in [-0.39, 0.29) is 0 Å². The van der Waals surface area contributed by atoms with E-state index in [0.29, 0.717) is 0 Å². The Labute approximate surface area is 155 Å². The molecule has 0 saturated carbocycles. The first-order chi connectivity index (χ1) is 12.5. The minimum atomic E-state index is -1.48. The zero-order valence-electron chi connectivity index (χ0n) is 15.6. The zero-order valence-corrected chi connectivity index (χ0v) is 15.6. The van der Waals surface area contributed by atoms with Gasteiger partial charge in [-0.3, -0.25) is 24.0 Å². The van der Waals surface area contributed by atoms with Gasteiger partial charge in [0.15, 0.2) is 12.2 Å². The van der Waals surface area contributed by atoms with E-state index in [9.17, 15) is 24.0 Å². The highest BCUT2D eigenvalue weighted by atomic mass is 16.7. The fourth-order valence-corrected chi connectivity index (χ4v) is 2.45. The van der Waals surface area contributed by atoms with Gasteiger partial charge in [0.2, 0.25) is 12.4 Å². The monoisotopic (exact) mass is 390 g/mol. The van der Waals surface area contributed by atoms with Crippen LogP contribution in [0.2, 0.25) is 0 Å². The molecular formula is C16H22O11. The van der Waals surface area contributed by atoms with Gasteiger partial charge >= 0.3 is 29.8 Å². The lowest BCUT2D eigenvalue weighted by molar-refractivity contribution is -0.300. The van der Waals surface area contributed by atoms with E-state index >= 15 is 0 Å². The van der Waals surface area contributed by atoms with Crippen molar-refractivity contribution in [3.63, 3.8) is 0 Å². The van der Waals surface area contributed by atoms with Crippen molar-refractivity contribution < 1.29 is 52.4 Å². The number of rotatable bonds is 6. The maximum absolute atomic E-state index is 11.5. The topological polar surface area (TPSA) is 141 Å². The summed E-state index contributed by atoms with van der Waals surface area (Å²) in [5.41, 5.74) is 0. The number of carbonyl (C=O) groups is 5. The highest BCUT2D eigenvalue weighted by molar-refractivity contribution is 5.69. The van der Waals surface area contributed by atoms with E-state index in [1.807, 2.05) is 0 Å². The molecule has 1 aliphatic rings. The molecule has 0 spiro atoms. The molecule has 0 aromatic heterocycles. The maximum atomic E-state index is 11.5. The van der Waals surface area contributed by atoms with Crippen molar-refractivity contribution in [3.8, 4) is 0 Å². The molecule has 11 heteroatoms. The van der Waals surface area contributed by atoms with Crippen molar-refractivity contribution in [3.05, 3.63) is 0 Å². The molecule has 1 heterocycles. The van der Waals surface area contributed by atoms with Crippen molar-refractivity contribution in [1.29, 1.82) is 0 Å². The molecule has 0 aromatic rings. The lowest BCUT2D eigenvalue weighted by Gasteiger charge is -2.43. The van der Waals surface area contributed by atoms with Crippen LogP contribution in [0.15, 0.2) is 0 Å². The molecule has 1 saturated heterocycles. The van der Waals surface area contributed by atoms with Crippen LogP contribution in [0.1, 0.15) is 34.6 Å². The van der Waals surface area contributed by atoms with Crippen LogP contribution in [-0.4, -0.2) is 67.2 Å². The van der Waals surface area contributed by atoms with Crippen molar-refractivity contribution in [1.82, 2.24) is 0 Å². The van der Waals surface area contributed by atoms with Crippen LogP contribution in [0.5, 0.6) is 0 Å². The summed E-state index contributed by atoms with van der Waals surface area (Å²) in [7, 11) is 0. The van der Waals surface area contributed by atoms with Crippen LogP contribution in [0, 0.1) is 0 Å². The molecule has 5 atom stereocenters. The average molecular weight is 390 g/mol. The van der Waals surface area contributed by atoms with E-state index in [4.69, 9.17) is 28.4 Å². The van der Waals surface area contributed by atoms with Crippen molar-refractivity contribution in [2.24, 2.45) is 0 Å². The highest BCUT2D eigenvalue weighted by Gasteiger charge is 2.53. The first kappa shape index (κ1) is 22.4. The SMILES string of the molecule is CC(=O)OCC1OC(OC(C)=O)C(OC(C)=O)[C@@H](OC(C)=O)[C@@H]1OC(C)=O. The third kappa shape index (κ3) is 7.21. The summed E-state index contributed by atoms with van der Waals surface area (Å²) in [6, 6.07) is 0. The molecule has 1 fully saturated rings. The Morgan fingerprint density at radius 3 is 1.52 bits per heavy atom. The van der Waals surface area contributed by atoms with Gasteiger partial charge in [0.25, 0.3) is 0 Å². The Balaban J connectivity index is 3.29. The molecule has 27 heavy (non-hydrogen) atoms. The van der Waals surface area contributed by atoms with Gasteiger partial charge in [-0.2, -0.15) is 0 Å². The minimum Gasteiger partial charge on any atom is -0.463 e. The van der Waals surface area contributed by atoms with Crippen molar-refractivity contribution in [2.45, 2.75) is 65.3 Å². The molecule has 1 rings (SSSR count). The third-order valence-electron chi connectivity index (χ3n) is 3.23. The molecule has 0 N–H and O–H groups in total. The average Bonchev–Trinajstić information content (AvgIpc) is 2.49. The van der Waals surface area contributed by atoms with Gasteiger partial charge in [-0.15, -0.1) is 0 Å². The van der Waals surface area contributed by atoms with Gasteiger partial charge in [0.1, 0.15) is 12.7 Å². The summed E-state index contributed by atoms with van der Waals surface area (Å²) in [5.74, 6) is -3.71. The molecule has 0 aliphatic carbocycles. The normalized spacial score (nSPS) is 27.1. The summed E-state index contributed by atoms with van der Waals surface area (Å²) in [5, 5.41) is 0. The summed E-state index contributed by atoms with van der Waals surface area (Å²) >= 11 is 0. The zero-order chi connectivity index (χ0) is 20.7. The maximum Gasteiger partial charge on any atom is 0.305 e. The van der Waals surface area contributed by atoms with Gasteiger partial charge < -0.3 is 28.4 Å². The fraction of sp³-hybridized carbons (Fsp3) is 0.688. The molecule has 0 aromatic carbocycles.